The number of fused-ring (bicyclic) bond motifs is 2. The summed E-state index contributed by atoms with van der Waals surface area (Å²) in [7, 11) is 0. The second-order valence-electron chi connectivity index (χ2n) is 6.47. The molecule has 2 bridgehead atoms. The van der Waals surface area contributed by atoms with Gasteiger partial charge in [0.1, 0.15) is 11.6 Å². The van der Waals surface area contributed by atoms with E-state index in [1.54, 1.807) is 0 Å². The maximum atomic E-state index is 13.4. The molecule has 23 heavy (non-hydrogen) atoms. The summed E-state index contributed by atoms with van der Waals surface area (Å²) in [5.41, 5.74) is -0.138. The van der Waals surface area contributed by atoms with E-state index in [4.69, 9.17) is 4.74 Å². The highest BCUT2D eigenvalue weighted by Crippen LogP contribution is 2.49. The number of halogens is 2. The minimum Gasteiger partial charge on any atom is -0.456 e. The Morgan fingerprint density at radius 3 is 2.70 bits per heavy atom. The van der Waals surface area contributed by atoms with Crippen molar-refractivity contribution in [2.24, 2.45) is 17.8 Å². The average molecular weight is 323 g/mol. The molecule has 4 nitrogen and oxygen atoms in total. The maximum absolute atomic E-state index is 13.4. The van der Waals surface area contributed by atoms with Gasteiger partial charge in [-0.3, -0.25) is 9.59 Å². The van der Waals surface area contributed by atoms with E-state index >= 15 is 0 Å². The van der Waals surface area contributed by atoms with Crippen LogP contribution in [-0.2, 0) is 14.3 Å². The first-order chi connectivity index (χ1) is 11.0. The van der Waals surface area contributed by atoms with E-state index in [-0.39, 0.29) is 5.69 Å². The maximum Gasteiger partial charge on any atom is 0.306 e. The lowest BCUT2D eigenvalue weighted by atomic mass is 9.86. The Balaban J connectivity index is 1.42. The van der Waals surface area contributed by atoms with Gasteiger partial charge in [0.2, 0.25) is 0 Å². The summed E-state index contributed by atoms with van der Waals surface area (Å²) < 4.78 is 31.1. The fourth-order valence-electron chi connectivity index (χ4n) is 3.82. The van der Waals surface area contributed by atoms with Crippen molar-refractivity contribution in [2.75, 3.05) is 11.9 Å². The van der Waals surface area contributed by atoms with E-state index in [1.165, 1.54) is 19.3 Å². The largest absolute Gasteiger partial charge is 0.456 e. The molecule has 2 fully saturated rings. The van der Waals surface area contributed by atoms with Crippen molar-refractivity contribution in [3.63, 3.8) is 0 Å². The zero-order chi connectivity index (χ0) is 16.4. The fraction of sp³-hybridized carbons (Fsp3) is 0.529. The van der Waals surface area contributed by atoms with Crippen molar-refractivity contribution < 1.29 is 23.1 Å². The Morgan fingerprint density at radius 2 is 2.04 bits per heavy atom. The number of hydrogen-bond donors (Lipinski definition) is 1. The molecule has 0 saturated heterocycles. The van der Waals surface area contributed by atoms with Gasteiger partial charge in [0.15, 0.2) is 6.61 Å². The molecular weight excluding hydrogens is 304 g/mol. The van der Waals surface area contributed by atoms with E-state index in [2.05, 4.69) is 5.32 Å². The van der Waals surface area contributed by atoms with Gasteiger partial charge in [-0.05, 0) is 49.1 Å². The molecule has 0 aromatic heterocycles. The van der Waals surface area contributed by atoms with Gasteiger partial charge in [0.05, 0.1) is 5.69 Å². The van der Waals surface area contributed by atoms with Crippen LogP contribution < -0.4 is 5.32 Å². The first-order valence-corrected chi connectivity index (χ1v) is 7.92. The molecular formula is C17H19F2NO3. The SMILES string of the molecule is O=C(COC(=O)C[C@H]1C[C@@H]2CC[C@@H]1C2)Nc1ccc(F)cc1F. The number of rotatable bonds is 5. The molecule has 0 aliphatic heterocycles. The molecule has 6 heteroatoms. The molecule has 0 radical (unpaired) electrons. The quantitative estimate of drug-likeness (QED) is 0.846. The van der Waals surface area contributed by atoms with Crippen LogP contribution in [0, 0.1) is 29.4 Å². The number of ether oxygens (including phenoxy) is 1. The average Bonchev–Trinajstić information content (AvgIpc) is 3.11. The Labute approximate surface area is 133 Å². The molecule has 3 atom stereocenters. The van der Waals surface area contributed by atoms with Crippen LogP contribution >= 0.6 is 0 Å². The lowest BCUT2D eigenvalue weighted by molar-refractivity contribution is -0.148. The number of esters is 1. The highest BCUT2D eigenvalue weighted by atomic mass is 19.1. The third-order valence-corrected chi connectivity index (χ3v) is 4.88. The number of amides is 1. The first-order valence-electron chi connectivity index (χ1n) is 7.92. The zero-order valence-electron chi connectivity index (χ0n) is 12.7. The summed E-state index contributed by atoms with van der Waals surface area (Å²) in [4.78, 5) is 23.5. The predicted molar refractivity (Wildman–Crippen MR) is 79.5 cm³/mol. The molecule has 0 spiro atoms. The molecule has 0 unspecified atom stereocenters. The highest BCUT2D eigenvalue weighted by Gasteiger charge is 2.40. The number of benzene rings is 1. The summed E-state index contributed by atoms with van der Waals surface area (Å²) in [6.45, 7) is -0.462. The summed E-state index contributed by atoms with van der Waals surface area (Å²) >= 11 is 0. The Morgan fingerprint density at radius 1 is 1.22 bits per heavy atom. The van der Waals surface area contributed by atoms with Crippen LogP contribution in [0.1, 0.15) is 32.1 Å². The molecule has 2 saturated carbocycles. The Hall–Kier alpha value is -1.98. The Bertz CT molecular complexity index is 620. The molecule has 3 rings (SSSR count). The monoisotopic (exact) mass is 323 g/mol. The van der Waals surface area contributed by atoms with Crippen LogP contribution in [0.15, 0.2) is 18.2 Å². The third kappa shape index (κ3) is 3.86. The summed E-state index contributed by atoms with van der Waals surface area (Å²) in [6, 6.07) is 2.84. The summed E-state index contributed by atoms with van der Waals surface area (Å²) in [6.07, 6.45) is 5.09. The third-order valence-electron chi connectivity index (χ3n) is 4.88. The van der Waals surface area contributed by atoms with Crippen LogP contribution in [0.2, 0.25) is 0 Å². The second kappa shape index (κ2) is 6.64. The number of carbonyl (C=O) groups excluding carboxylic acids is 2. The first kappa shape index (κ1) is 15.9. The van der Waals surface area contributed by atoms with E-state index in [1.807, 2.05) is 0 Å². The second-order valence-corrected chi connectivity index (χ2v) is 6.47. The van der Waals surface area contributed by atoms with Crippen LogP contribution in [-0.4, -0.2) is 18.5 Å². The molecule has 1 amide bonds. The van der Waals surface area contributed by atoms with Crippen LogP contribution in [0.4, 0.5) is 14.5 Å². The van der Waals surface area contributed by atoms with Crippen molar-refractivity contribution in [3.05, 3.63) is 29.8 Å². The molecule has 1 N–H and O–H groups in total. The van der Waals surface area contributed by atoms with Gasteiger partial charge in [0, 0.05) is 12.5 Å². The van der Waals surface area contributed by atoms with E-state index in [0.29, 0.717) is 24.3 Å². The van der Waals surface area contributed by atoms with E-state index in [0.717, 1.165) is 24.5 Å². The minimum absolute atomic E-state index is 0.138. The normalized spacial score (nSPS) is 25.4. The van der Waals surface area contributed by atoms with Gasteiger partial charge in [-0.25, -0.2) is 8.78 Å². The van der Waals surface area contributed by atoms with Gasteiger partial charge >= 0.3 is 5.97 Å². The lowest BCUT2D eigenvalue weighted by Crippen LogP contribution is -2.23. The Kier molecular flexibility index (Phi) is 4.59. The highest BCUT2D eigenvalue weighted by molar-refractivity contribution is 5.92. The van der Waals surface area contributed by atoms with E-state index < -0.39 is 30.1 Å². The smallest absolute Gasteiger partial charge is 0.306 e. The van der Waals surface area contributed by atoms with Crippen LogP contribution in [0.3, 0.4) is 0 Å². The molecule has 124 valence electrons. The van der Waals surface area contributed by atoms with Crippen molar-refractivity contribution >= 4 is 17.6 Å². The predicted octanol–water partition coefficient (Wildman–Crippen LogP) is 3.27. The van der Waals surface area contributed by atoms with Gasteiger partial charge in [-0.1, -0.05) is 6.42 Å². The van der Waals surface area contributed by atoms with Gasteiger partial charge in [-0.15, -0.1) is 0 Å². The number of nitrogens with one attached hydrogen (secondary N) is 1. The minimum atomic E-state index is -0.869. The molecule has 1 aromatic rings. The molecule has 2 aliphatic rings. The van der Waals surface area contributed by atoms with Gasteiger partial charge in [0.25, 0.3) is 5.91 Å². The van der Waals surface area contributed by atoms with E-state index in [9.17, 15) is 18.4 Å². The lowest BCUT2D eigenvalue weighted by Gasteiger charge is -2.20. The number of hydrogen-bond acceptors (Lipinski definition) is 3. The molecule has 1 aromatic carbocycles. The standard InChI is InChI=1S/C17H19F2NO3/c18-13-3-4-15(14(19)8-13)20-16(21)9-23-17(22)7-12-6-10-1-2-11(12)5-10/h3-4,8,10-12H,1-2,5-7,9H2,(H,20,21)/t10-,11-,12-/m1/s1. The topological polar surface area (TPSA) is 55.4 Å². The van der Waals surface area contributed by atoms with Crippen LogP contribution in [0.25, 0.3) is 0 Å². The molecule has 2 aliphatic carbocycles. The van der Waals surface area contributed by atoms with Crippen molar-refractivity contribution in [1.82, 2.24) is 0 Å². The van der Waals surface area contributed by atoms with Crippen molar-refractivity contribution in [3.8, 4) is 0 Å². The summed E-state index contributed by atoms with van der Waals surface area (Å²) in [5.74, 6) is -0.880. The zero-order valence-corrected chi connectivity index (χ0v) is 12.7. The van der Waals surface area contributed by atoms with Crippen LogP contribution in [0.5, 0.6) is 0 Å². The van der Waals surface area contributed by atoms with Crippen molar-refractivity contribution in [2.45, 2.75) is 32.1 Å². The number of carbonyl (C=O) groups is 2. The molecule has 0 heterocycles. The van der Waals surface area contributed by atoms with Gasteiger partial charge < -0.3 is 10.1 Å². The van der Waals surface area contributed by atoms with Gasteiger partial charge in [-0.2, -0.15) is 0 Å². The number of anilines is 1. The summed E-state index contributed by atoms with van der Waals surface area (Å²) in [5, 5.41) is 2.26. The van der Waals surface area contributed by atoms with Crippen molar-refractivity contribution in [1.29, 1.82) is 0 Å². The fourth-order valence-corrected chi connectivity index (χ4v) is 3.82.